The fourth-order valence-corrected chi connectivity index (χ4v) is 3.40. The van der Waals surface area contributed by atoms with Gasteiger partial charge in [0.05, 0.1) is 5.92 Å². The van der Waals surface area contributed by atoms with Crippen LogP contribution in [0.25, 0.3) is 0 Å². The van der Waals surface area contributed by atoms with Gasteiger partial charge in [-0.15, -0.1) is 0 Å². The van der Waals surface area contributed by atoms with Crippen LogP contribution < -0.4 is 5.73 Å². The molecule has 0 radical (unpaired) electrons. The van der Waals surface area contributed by atoms with Gasteiger partial charge in [-0.1, -0.05) is 20.3 Å². The molecule has 0 aromatic heterocycles. The van der Waals surface area contributed by atoms with Crippen LogP contribution in [0.5, 0.6) is 0 Å². The molecule has 0 amide bonds. The van der Waals surface area contributed by atoms with E-state index in [0.717, 1.165) is 19.3 Å². The highest BCUT2D eigenvalue weighted by atomic mass is 19.4. The monoisotopic (exact) mass is 264 g/mol. The fourth-order valence-electron chi connectivity index (χ4n) is 3.40. The smallest absolute Gasteiger partial charge is 0.326 e. The Bertz CT molecular complexity index is 301. The molecule has 0 aromatic rings. The van der Waals surface area contributed by atoms with E-state index in [1.54, 1.807) is 0 Å². The number of likely N-dealkylation sites (tertiary alicyclic amines) is 1. The standard InChI is InChI=1S/C13H23F3N2/c1-12(2)6-3-4-10(11(12)17)18-7-5-9(8-18)13(14,15)16/h9-11H,3-8,17H2,1-2H3. The van der Waals surface area contributed by atoms with Gasteiger partial charge in [0.15, 0.2) is 0 Å². The summed E-state index contributed by atoms with van der Waals surface area (Å²) in [4.78, 5) is 1.98. The SMILES string of the molecule is CC1(C)CCCC(N2CCC(C(F)(F)F)C2)C1N. The molecule has 2 rings (SSSR count). The Hall–Kier alpha value is -0.290. The van der Waals surface area contributed by atoms with E-state index in [2.05, 4.69) is 13.8 Å². The summed E-state index contributed by atoms with van der Waals surface area (Å²) < 4.78 is 38.1. The molecule has 5 heteroatoms. The quantitative estimate of drug-likeness (QED) is 0.789. The first-order chi connectivity index (χ1) is 8.22. The van der Waals surface area contributed by atoms with Crippen molar-refractivity contribution in [3.05, 3.63) is 0 Å². The van der Waals surface area contributed by atoms with Gasteiger partial charge >= 0.3 is 6.18 Å². The highest BCUT2D eigenvalue weighted by Crippen LogP contribution is 2.40. The van der Waals surface area contributed by atoms with Gasteiger partial charge < -0.3 is 5.73 Å². The van der Waals surface area contributed by atoms with E-state index in [4.69, 9.17) is 5.73 Å². The van der Waals surface area contributed by atoms with Crippen molar-refractivity contribution in [1.29, 1.82) is 0 Å². The summed E-state index contributed by atoms with van der Waals surface area (Å²) >= 11 is 0. The van der Waals surface area contributed by atoms with Crippen molar-refractivity contribution in [2.75, 3.05) is 13.1 Å². The highest BCUT2D eigenvalue weighted by Gasteiger charge is 2.47. The molecule has 3 atom stereocenters. The van der Waals surface area contributed by atoms with Gasteiger partial charge in [0, 0.05) is 18.6 Å². The van der Waals surface area contributed by atoms with Crippen molar-refractivity contribution >= 4 is 0 Å². The van der Waals surface area contributed by atoms with Gasteiger partial charge in [-0.2, -0.15) is 13.2 Å². The molecule has 1 saturated heterocycles. The first-order valence-corrected chi connectivity index (χ1v) is 6.78. The zero-order valence-electron chi connectivity index (χ0n) is 11.1. The van der Waals surface area contributed by atoms with Crippen LogP contribution in [0.2, 0.25) is 0 Å². The third kappa shape index (κ3) is 2.67. The molecule has 18 heavy (non-hydrogen) atoms. The minimum absolute atomic E-state index is 0.0155. The molecule has 2 nitrogen and oxygen atoms in total. The molecule has 1 aliphatic carbocycles. The molecule has 0 bridgehead atoms. The molecule has 1 saturated carbocycles. The van der Waals surface area contributed by atoms with E-state index in [9.17, 15) is 13.2 Å². The summed E-state index contributed by atoms with van der Waals surface area (Å²) in [6.07, 6.45) is -0.745. The lowest BCUT2D eigenvalue weighted by molar-refractivity contribution is -0.171. The first-order valence-electron chi connectivity index (χ1n) is 6.78. The molecule has 3 unspecified atom stereocenters. The lowest BCUT2D eigenvalue weighted by Gasteiger charge is -2.45. The topological polar surface area (TPSA) is 29.3 Å². The second-order valence-corrected chi connectivity index (χ2v) is 6.50. The Labute approximate surface area is 107 Å². The van der Waals surface area contributed by atoms with Crippen LogP contribution in [0, 0.1) is 11.3 Å². The largest absolute Gasteiger partial charge is 0.393 e. The summed E-state index contributed by atoms with van der Waals surface area (Å²) in [6, 6.07) is 0.110. The fraction of sp³-hybridized carbons (Fsp3) is 1.00. The number of hydrogen-bond donors (Lipinski definition) is 1. The predicted octanol–water partition coefficient (Wildman–Crippen LogP) is 2.78. The van der Waals surface area contributed by atoms with Crippen LogP contribution in [-0.4, -0.2) is 36.2 Å². The van der Waals surface area contributed by atoms with Crippen LogP contribution in [0.3, 0.4) is 0 Å². The van der Waals surface area contributed by atoms with Crippen molar-refractivity contribution in [1.82, 2.24) is 4.90 Å². The summed E-state index contributed by atoms with van der Waals surface area (Å²) in [5.74, 6) is -1.16. The summed E-state index contributed by atoms with van der Waals surface area (Å²) in [7, 11) is 0. The second-order valence-electron chi connectivity index (χ2n) is 6.50. The molecule has 2 fully saturated rings. The van der Waals surface area contributed by atoms with E-state index in [1.807, 2.05) is 4.90 Å². The minimum atomic E-state index is -4.05. The maximum atomic E-state index is 12.7. The normalized spacial score (nSPS) is 38.0. The Morgan fingerprint density at radius 1 is 1.22 bits per heavy atom. The van der Waals surface area contributed by atoms with Crippen molar-refractivity contribution in [3.63, 3.8) is 0 Å². The third-order valence-corrected chi connectivity index (χ3v) is 4.79. The molecule has 106 valence electrons. The summed E-state index contributed by atoms with van der Waals surface area (Å²) in [6.45, 7) is 4.93. The number of nitrogens with two attached hydrogens (primary N) is 1. The van der Waals surface area contributed by atoms with Gasteiger partial charge in [0.2, 0.25) is 0 Å². The van der Waals surface area contributed by atoms with E-state index >= 15 is 0 Å². The third-order valence-electron chi connectivity index (χ3n) is 4.79. The zero-order chi connectivity index (χ0) is 13.6. The molecule has 0 aromatic carbocycles. The molecule has 1 aliphatic heterocycles. The van der Waals surface area contributed by atoms with E-state index in [-0.39, 0.29) is 30.5 Å². The number of halogens is 3. The van der Waals surface area contributed by atoms with E-state index in [0.29, 0.717) is 6.54 Å². The zero-order valence-corrected chi connectivity index (χ0v) is 11.1. The van der Waals surface area contributed by atoms with E-state index < -0.39 is 12.1 Å². The minimum Gasteiger partial charge on any atom is -0.326 e. The van der Waals surface area contributed by atoms with Crippen molar-refractivity contribution in [2.45, 2.75) is 57.8 Å². The van der Waals surface area contributed by atoms with Crippen LogP contribution in [0.15, 0.2) is 0 Å². The number of nitrogens with zero attached hydrogens (tertiary/aromatic N) is 1. The number of hydrogen-bond acceptors (Lipinski definition) is 2. The van der Waals surface area contributed by atoms with Gasteiger partial charge in [0.25, 0.3) is 0 Å². The van der Waals surface area contributed by atoms with Crippen molar-refractivity contribution in [2.24, 2.45) is 17.1 Å². The molecule has 2 aliphatic rings. The maximum absolute atomic E-state index is 12.7. The molecule has 0 spiro atoms. The Morgan fingerprint density at radius 2 is 1.89 bits per heavy atom. The maximum Gasteiger partial charge on any atom is 0.393 e. The Morgan fingerprint density at radius 3 is 2.44 bits per heavy atom. The average Bonchev–Trinajstić information content (AvgIpc) is 2.70. The Kier molecular flexibility index (Phi) is 3.67. The number of alkyl halides is 3. The Balaban J connectivity index is 2.01. The van der Waals surface area contributed by atoms with E-state index in [1.165, 1.54) is 0 Å². The molecule has 1 heterocycles. The molecular weight excluding hydrogens is 241 g/mol. The van der Waals surface area contributed by atoms with Gasteiger partial charge in [-0.05, 0) is 31.2 Å². The van der Waals surface area contributed by atoms with Crippen LogP contribution in [0.1, 0.15) is 39.5 Å². The van der Waals surface area contributed by atoms with Crippen LogP contribution in [0.4, 0.5) is 13.2 Å². The van der Waals surface area contributed by atoms with Crippen molar-refractivity contribution < 1.29 is 13.2 Å². The molecule has 2 N–H and O–H groups in total. The highest BCUT2D eigenvalue weighted by molar-refractivity contribution is 4.98. The van der Waals surface area contributed by atoms with Gasteiger partial charge in [-0.25, -0.2) is 0 Å². The lowest BCUT2D eigenvalue weighted by atomic mass is 9.71. The second kappa shape index (κ2) is 4.67. The van der Waals surface area contributed by atoms with Crippen molar-refractivity contribution in [3.8, 4) is 0 Å². The predicted molar refractivity (Wildman–Crippen MR) is 65.1 cm³/mol. The molecular formula is C13H23F3N2. The summed E-state index contributed by atoms with van der Waals surface area (Å²) in [5, 5.41) is 0. The average molecular weight is 264 g/mol. The first kappa shape index (κ1) is 14.1. The van der Waals surface area contributed by atoms with Crippen LogP contribution >= 0.6 is 0 Å². The lowest BCUT2D eigenvalue weighted by Crippen LogP contribution is -2.56. The van der Waals surface area contributed by atoms with Gasteiger partial charge in [0.1, 0.15) is 0 Å². The number of rotatable bonds is 1. The van der Waals surface area contributed by atoms with Crippen LogP contribution in [-0.2, 0) is 0 Å². The van der Waals surface area contributed by atoms with Gasteiger partial charge in [-0.3, -0.25) is 4.90 Å². The summed E-state index contributed by atoms with van der Waals surface area (Å²) in [5.41, 5.74) is 6.31.